The van der Waals surface area contributed by atoms with Gasteiger partial charge in [0.1, 0.15) is 0 Å². The van der Waals surface area contributed by atoms with Crippen LogP contribution in [0.15, 0.2) is 18.5 Å². The van der Waals surface area contributed by atoms with E-state index < -0.39 is 0 Å². The van der Waals surface area contributed by atoms with Crippen LogP contribution < -0.4 is 0 Å². The molecule has 0 aromatic carbocycles. The van der Waals surface area contributed by atoms with Crippen LogP contribution in [0.2, 0.25) is 0 Å². The molecular weight excluding hydrogens is 172 g/mol. The van der Waals surface area contributed by atoms with E-state index in [1.54, 1.807) is 13.0 Å². The molecule has 5 heteroatoms. The van der Waals surface area contributed by atoms with Gasteiger partial charge in [0, 0.05) is 19.3 Å². The second-order valence-corrected chi connectivity index (χ2v) is 1.97. The summed E-state index contributed by atoms with van der Waals surface area (Å²) in [6.45, 7) is 3.65. The van der Waals surface area contributed by atoms with Crippen LogP contribution in [0.5, 0.6) is 6.01 Å². The van der Waals surface area contributed by atoms with Gasteiger partial charge in [-0.05, 0) is 13.0 Å². The Morgan fingerprint density at radius 2 is 2.08 bits per heavy atom. The van der Waals surface area contributed by atoms with E-state index in [0.717, 1.165) is 0 Å². The van der Waals surface area contributed by atoms with Crippen molar-refractivity contribution in [3.63, 3.8) is 0 Å². The third-order valence-electron chi connectivity index (χ3n) is 0.900. The molecular formula is C8H12N2O3. The Hall–Kier alpha value is -1.65. The van der Waals surface area contributed by atoms with Crippen molar-refractivity contribution in [2.45, 2.75) is 13.8 Å². The van der Waals surface area contributed by atoms with E-state index in [4.69, 9.17) is 5.11 Å². The van der Waals surface area contributed by atoms with Crippen LogP contribution in [0.3, 0.4) is 0 Å². The number of nitrogens with zero attached hydrogens (tertiary/aromatic N) is 2. The molecule has 1 heterocycles. The van der Waals surface area contributed by atoms with Gasteiger partial charge in [-0.2, -0.15) is 0 Å². The first kappa shape index (κ1) is 11.4. The Morgan fingerprint density at radius 3 is 2.23 bits per heavy atom. The molecule has 0 amide bonds. The first-order valence-corrected chi connectivity index (χ1v) is 3.76. The Kier molecular flexibility index (Phi) is 6.13. The predicted molar refractivity (Wildman–Crippen MR) is 46.0 cm³/mol. The summed E-state index contributed by atoms with van der Waals surface area (Å²) >= 11 is 0. The molecule has 0 saturated carbocycles. The number of ether oxygens (including phenoxy) is 1. The number of carbonyl (C=O) groups excluding carboxylic acids is 1. The summed E-state index contributed by atoms with van der Waals surface area (Å²) in [5.41, 5.74) is 0. The molecule has 5 nitrogen and oxygen atoms in total. The summed E-state index contributed by atoms with van der Waals surface area (Å²) in [6.07, 6.45) is 2.95. The zero-order valence-corrected chi connectivity index (χ0v) is 7.60. The molecule has 0 spiro atoms. The smallest absolute Gasteiger partial charge is 0.313 e. The normalized spacial score (nSPS) is 8.15. The quantitative estimate of drug-likeness (QED) is 0.652. The van der Waals surface area contributed by atoms with Crippen molar-refractivity contribution in [1.29, 1.82) is 0 Å². The van der Waals surface area contributed by atoms with Crippen LogP contribution in [0.25, 0.3) is 0 Å². The van der Waals surface area contributed by atoms with Crippen LogP contribution in [0.1, 0.15) is 13.8 Å². The maximum atomic E-state index is 9.82. The van der Waals surface area contributed by atoms with Gasteiger partial charge in [-0.15, -0.1) is 0 Å². The molecule has 0 aliphatic rings. The SMILES string of the molecule is CCOC(C)=O.Oc1ncccn1. The van der Waals surface area contributed by atoms with Gasteiger partial charge in [0.2, 0.25) is 0 Å². The molecule has 1 aromatic rings. The van der Waals surface area contributed by atoms with Crippen LogP contribution in [-0.4, -0.2) is 27.7 Å². The third-order valence-corrected chi connectivity index (χ3v) is 0.900. The van der Waals surface area contributed by atoms with Crippen molar-refractivity contribution < 1.29 is 14.6 Å². The van der Waals surface area contributed by atoms with Crippen molar-refractivity contribution >= 4 is 5.97 Å². The number of aromatic hydroxyl groups is 1. The van der Waals surface area contributed by atoms with E-state index in [1.807, 2.05) is 0 Å². The average Bonchev–Trinajstić information content (AvgIpc) is 2.06. The van der Waals surface area contributed by atoms with Crippen molar-refractivity contribution in [2.75, 3.05) is 6.61 Å². The zero-order chi connectivity index (χ0) is 10.1. The summed E-state index contributed by atoms with van der Waals surface area (Å²) in [5, 5.41) is 8.41. The van der Waals surface area contributed by atoms with Crippen molar-refractivity contribution in [2.24, 2.45) is 0 Å². The van der Waals surface area contributed by atoms with Crippen LogP contribution >= 0.6 is 0 Å². The molecule has 72 valence electrons. The molecule has 0 atom stereocenters. The third kappa shape index (κ3) is 8.25. The molecule has 1 N–H and O–H groups in total. The van der Waals surface area contributed by atoms with Crippen LogP contribution in [-0.2, 0) is 9.53 Å². The van der Waals surface area contributed by atoms with Gasteiger partial charge in [-0.3, -0.25) is 4.79 Å². The monoisotopic (exact) mass is 184 g/mol. The standard InChI is InChI=1S/C4H4N2O.C4H8O2/c7-4-5-2-1-3-6-4;1-3-6-4(2)5/h1-3H,(H,5,6,7);3H2,1-2H3. The molecule has 0 radical (unpaired) electrons. The second kappa shape index (κ2) is 7.02. The largest absolute Gasteiger partial charge is 0.479 e. The van der Waals surface area contributed by atoms with Gasteiger partial charge in [0.25, 0.3) is 0 Å². The van der Waals surface area contributed by atoms with Crippen molar-refractivity contribution in [1.82, 2.24) is 9.97 Å². The second-order valence-electron chi connectivity index (χ2n) is 1.97. The van der Waals surface area contributed by atoms with Crippen LogP contribution in [0, 0.1) is 0 Å². The molecule has 0 bridgehead atoms. The molecule has 13 heavy (non-hydrogen) atoms. The van der Waals surface area contributed by atoms with Crippen LogP contribution in [0.4, 0.5) is 0 Å². The number of aromatic nitrogens is 2. The minimum atomic E-state index is -0.211. The Bertz CT molecular complexity index is 238. The lowest BCUT2D eigenvalue weighted by Crippen LogP contribution is -1.95. The van der Waals surface area contributed by atoms with Crippen molar-refractivity contribution in [3.8, 4) is 6.01 Å². The summed E-state index contributed by atoms with van der Waals surface area (Å²) in [5.74, 6) is -0.211. The number of carbonyl (C=O) groups is 1. The van der Waals surface area contributed by atoms with E-state index in [2.05, 4.69) is 14.7 Å². The Labute approximate surface area is 76.4 Å². The van der Waals surface area contributed by atoms with Gasteiger partial charge < -0.3 is 9.84 Å². The molecule has 0 fully saturated rings. The fraction of sp³-hybridized carbons (Fsp3) is 0.375. The zero-order valence-electron chi connectivity index (χ0n) is 7.60. The minimum absolute atomic E-state index is 0.178. The summed E-state index contributed by atoms with van der Waals surface area (Å²) in [6, 6.07) is 1.46. The highest BCUT2D eigenvalue weighted by atomic mass is 16.5. The number of esters is 1. The number of hydrogen-bond donors (Lipinski definition) is 1. The highest BCUT2D eigenvalue weighted by molar-refractivity contribution is 5.65. The number of rotatable bonds is 1. The van der Waals surface area contributed by atoms with Gasteiger partial charge in [-0.1, -0.05) is 0 Å². The van der Waals surface area contributed by atoms with E-state index in [1.165, 1.54) is 19.3 Å². The lowest BCUT2D eigenvalue weighted by atomic mass is 10.7. The first-order valence-electron chi connectivity index (χ1n) is 3.76. The maximum absolute atomic E-state index is 9.82. The maximum Gasteiger partial charge on any atom is 0.313 e. The van der Waals surface area contributed by atoms with Gasteiger partial charge in [-0.25, -0.2) is 9.97 Å². The Morgan fingerprint density at radius 1 is 1.54 bits per heavy atom. The molecule has 0 saturated heterocycles. The highest BCUT2D eigenvalue weighted by Gasteiger charge is 1.81. The Balaban J connectivity index is 0.000000226. The van der Waals surface area contributed by atoms with Gasteiger partial charge >= 0.3 is 12.0 Å². The predicted octanol–water partition coefficient (Wildman–Crippen LogP) is 0.752. The van der Waals surface area contributed by atoms with E-state index in [0.29, 0.717) is 6.61 Å². The van der Waals surface area contributed by atoms with E-state index in [9.17, 15) is 4.79 Å². The molecule has 0 unspecified atom stereocenters. The van der Waals surface area contributed by atoms with Gasteiger partial charge in [0.05, 0.1) is 6.61 Å². The summed E-state index contributed by atoms with van der Waals surface area (Å²) < 4.78 is 4.40. The fourth-order valence-corrected chi connectivity index (χ4v) is 0.494. The van der Waals surface area contributed by atoms with Gasteiger partial charge in [0.15, 0.2) is 0 Å². The molecule has 0 aliphatic carbocycles. The topological polar surface area (TPSA) is 72.3 Å². The summed E-state index contributed by atoms with van der Waals surface area (Å²) in [4.78, 5) is 16.7. The molecule has 1 aromatic heterocycles. The first-order chi connectivity index (χ1) is 6.16. The average molecular weight is 184 g/mol. The minimum Gasteiger partial charge on any atom is -0.479 e. The van der Waals surface area contributed by atoms with Crippen molar-refractivity contribution in [3.05, 3.63) is 18.5 Å². The lowest BCUT2D eigenvalue weighted by molar-refractivity contribution is -0.140. The number of hydrogen-bond acceptors (Lipinski definition) is 5. The lowest BCUT2D eigenvalue weighted by Gasteiger charge is -1.89. The van der Waals surface area contributed by atoms with E-state index in [-0.39, 0.29) is 12.0 Å². The molecule has 0 aliphatic heterocycles. The van der Waals surface area contributed by atoms with E-state index >= 15 is 0 Å². The fourth-order valence-electron chi connectivity index (χ4n) is 0.494. The molecule has 1 rings (SSSR count). The summed E-state index contributed by atoms with van der Waals surface area (Å²) in [7, 11) is 0. The highest BCUT2D eigenvalue weighted by Crippen LogP contribution is 1.89.